The molecule has 0 spiro atoms. The van der Waals surface area contributed by atoms with E-state index in [1.54, 1.807) is 6.33 Å². The highest BCUT2D eigenvalue weighted by Crippen LogP contribution is 2.32. The first-order valence-electron chi connectivity index (χ1n) is 6.18. The van der Waals surface area contributed by atoms with Gasteiger partial charge in [-0.15, -0.1) is 0 Å². The molecule has 1 fully saturated rings. The third-order valence-electron chi connectivity index (χ3n) is 3.26. The third-order valence-corrected chi connectivity index (χ3v) is 3.26. The summed E-state index contributed by atoms with van der Waals surface area (Å²) in [5.41, 5.74) is -0.526. The summed E-state index contributed by atoms with van der Waals surface area (Å²) >= 11 is 0. The summed E-state index contributed by atoms with van der Waals surface area (Å²) in [6.45, 7) is 5.21. The Balaban J connectivity index is 2.06. The second-order valence-electron chi connectivity index (χ2n) is 5.36. The van der Waals surface area contributed by atoms with Crippen LogP contribution in [0.5, 0.6) is 0 Å². The second-order valence-corrected chi connectivity index (χ2v) is 5.36. The van der Waals surface area contributed by atoms with E-state index >= 15 is 0 Å². The molecule has 1 N–H and O–H groups in total. The van der Waals surface area contributed by atoms with Crippen molar-refractivity contribution >= 4 is 0 Å². The zero-order chi connectivity index (χ0) is 11.6. The highest BCUT2D eigenvalue weighted by molar-refractivity contribution is 4.97. The lowest BCUT2D eigenvalue weighted by molar-refractivity contribution is 0.0448. The van der Waals surface area contributed by atoms with Gasteiger partial charge in [0.15, 0.2) is 0 Å². The van der Waals surface area contributed by atoms with Crippen LogP contribution in [0, 0.1) is 5.92 Å². The Morgan fingerprint density at radius 2 is 2.12 bits per heavy atom. The summed E-state index contributed by atoms with van der Waals surface area (Å²) in [5.74, 6) is 1.48. The van der Waals surface area contributed by atoms with Gasteiger partial charge < -0.3 is 5.11 Å². The molecule has 4 nitrogen and oxygen atoms in total. The molecule has 2 rings (SSSR count). The fourth-order valence-electron chi connectivity index (χ4n) is 2.43. The maximum Gasteiger partial charge on any atom is 0.138 e. The lowest BCUT2D eigenvalue weighted by Crippen LogP contribution is -2.29. The van der Waals surface area contributed by atoms with Crippen molar-refractivity contribution in [3.05, 3.63) is 12.2 Å². The Morgan fingerprint density at radius 1 is 1.44 bits per heavy atom. The van der Waals surface area contributed by atoms with E-state index in [9.17, 15) is 5.11 Å². The van der Waals surface area contributed by atoms with Crippen LogP contribution in [-0.4, -0.2) is 25.5 Å². The van der Waals surface area contributed by atoms with Crippen LogP contribution in [0.25, 0.3) is 0 Å². The Labute approximate surface area is 96.7 Å². The van der Waals surface area contributed by atoms with Crippen LogP contribution in [0.15, 0.2) is 6.33 Å². The van der Waals surface area contributed by atoms with Crippen LogP contribution in [0.4, 0.5) is 0 Å². The molecule has 0 atom stereocenters. The van der Waals surface area contributed by atoms with Crippen LogP contribution in [-0.2, 0) is 13.0 Å². The van der Waals surface area contributed by atoms with Gasteiger partial charge in [0.25, 0.3) is 0 Å². The van der Waals surface area contributed by atoms with Gasteiger partial charge in [0.2, 0.25) is 0 Å². The summed E-state index contributed by atoms with van der Waals surface area (Å²) in [4.78, 5) is 4.27. The van der Waals surface area contributed by atoms with Gasteiger partial charge in [-0.2, -0.15) is 5.10 Å². The minimum atomic E-state index is -0.526. The van der Waals surface area contributed by atoms with Gasteiger partial charge in [0.05, 0.1) is 5.60 Å². The topological polar surface area (TPSA) is 50.9 Å². The molecule has 1 aromatic rings. The van der Waals surface area contributed by atoms with Crippen LogP contribution < -0.4 is 0 Å². The van der Waals surface area contributed by atoms with E-state index < -0.39 is 5.60 Å². The molecule has 0 amide bonds. The molecule has 1 saturated carbocycles. The van der Waals surface area contributed by atoms with E-state index in [0.717, 1.165) is 38.1 Å². The average molecular weight is 223 g/mol. The third kappa shape index (κ3) is 2.61. The lowest BCUT2D eigenvalue weighted by Gasteiger charge is -2.21. The molecule has 1 heterocycles. The molecule has 90 valence electrons. The SMILES string of the molecule is CC(C)Cn1ncnc1CC1(O)CCCC1. The fraction of sp³-hybridized carbons (Fsp3) is 0.833. The molecule has 0 saturated heterocycles. The van der Waals surface area contributed by atoms with E-state index in [4.69, 9.17) is 0 Å². The fourth-order valence-corrected chi connectivity index (χ4v) is 2.43. The first-order valence-corrected chi connectivity index (χ1v) is 6.18. The second kappa shape index (κ2) is 4.53. The van der Waals surface area contributed by atoms with Gasteiger partial charge in [-0.25, -0.2) is 9.67 Å². The molecule has 16 heavy (non-hydrogen) atoms. The van der Waals surface area contributed by atoms with E-state index in [0.29, 0.717) is 12.3 Å². The van der Waals surface area contributed by atoms with Crippen molar-refractivity contribution < 1.29 is 5.11 Å². The van der Waals surface area contributed by atoms with Crippen molar-refractivity contribution in [2.24, 2.45) is 5.92 Å². The highest BCUT2D eigenvalue weighted by atomic mass is 16.3. The van der Waals surface area contributed by atoms with Crippen molar-refractivity contribution in [3.63, 3.8) is 0 Å². The van der Waals surface area contributed by atoms with E-state index in [1.165, 1.54) is 0 Å². The van der Waals surface area contributed by atoms with Crippen molar-refractivity contribution in [3.8, 4) is 0 Å². The van der Waals surface area contributed by atoms with Crippen LogP contribution in [0.2, 0.25) is 0 Å². The molecule has 0 unspecified atom stereocenters. The smallest absolute Gasteiger partial charge is 0.138 e. The Kier molecular flexibility index (Phi) is 3.28. The summed E-state index contributed by atoms with van der Waals surface area (Å²) < 4.78 is 1.93. The summed E-state index contributed by atoms with van der Waals surface area (Å²) in [7, 11) is 0. The van der Waals surface area contributed by atoms with E-state index in [-0.39, 0.29) is 0 Å². The highest BCUT2D eigenvalue weighted by Gasteiger charge is 2.32. The molecule has 1 aliphatic carbocycles. The Morgan fingerprint density at radius 3 is 2.75 bits per heavy atom. The number of aliphatic hydroxyl groups is 1. The number of hydrogen-bond donors (Lipinski definition) is 1. The molecule has 1 aromatic heterocycles. The first-order chi connectivity index (χ1) is 7.59. The van der Waals surface area contributed by atoms with Crippen LogP contribution in [0.1, 0.15) is 45.4 Å². The lowest BCUT2D eigenvalue weighted by atomic mass is 9.97. The summed E-state index contributed by atoms with van der Waals surface area (Å²) in [6, 6.07) is 0. The van der Waals surface area contributed by atoms with Gasteiger partial charge in [-0.05, 0) is 18.8 Å². The molecule has 4 heteroatoms. The zero-order valence-electron chi connectivity index (χ0n) is 10.2. The first kappa shape index (κ1) is 11.6. The molecular formula is C12H21N3O. The largest absolute Gasteiger partial charge is 0.389 e. The van der Waals surface area contributed by atoms with Crippen LogP contribution >= 0.6 is 0 Å². The minimum Gasteiger partial charge on any atom is -0.389 e. The number of rotatable bonds is 4. The molecule has 0 aromatic carbocycles. The standard InChI is InChI=1S/C12H21N3O/c1-10(2)8-15-11(13-9-14-15)7-12(16)5-3-4-6-12/h9-10,16H,3-8H2,1-2H3. The van der Waals surface area contributed by atoms with E-state index in [1.807, 2.05) is 4.68 Å². The maximum absolute atomic E-state index is 10.3. The Hall–Kier alpha value is -0.900. The zero-order valence-corrected chi connectivity index (χ0v) is 10.2. The van der Waals surface area contributed by atoms with Crippen molar-refractivity contribution in [1.29, 1.82) is 0 Å². The number of hydrogen-bond acceptors (Lipinski definition) is 3. The number of aromatic nitrogens is 3. The van der Waals surface area contributed by atoms with Gasteiger partial charge in [0, 0.05) is 13.0 Å². The van der Waals surface area contributed by atoms with Crippen molar-refractivity contribution in [1.82, 2.24) is 14.8 Å². The van der Waals surface area contributed by atoms with Crippen molar-refractivity contribution in [2.75, 3.05) is 0 Å². The van der Waals surface area contributed by atoms with Gasteiger partial charge >= 0.3 is 0 Å². The molecular weight excluding hydrogens is 202 g/mol. The minimum absolute atomic E-state index is 0.526. The normalized spacial score (nSPS) is 19.5. The van der Waals surface area contributed by atoms with Gasteiger partial charge in [-0.3, -0.25) is 0 Å². The van der Waals surface area contributed by atoms with Gasteiger partial charge in [0.1, 0.15) is 12.2 Å². The van der Waals surface area contributed by atoms with Gasteiger partial charge in [-0.1, -0.05) is 26.7 Å². The molecule has 0 aliphatic heterocycles. The predicted octanol–water partition coefficient (Wildman–Crippen LogP) is 1.78. The quantitative estimate of drug-likeness (QED) is 0.846. The Bertz CT molecular complexity index is 340. The average Bonchev–Trinajstić information content (AvgIpc) is 2.77. The predicted molar refractivity (Wildman–Crippen MR) is 62.0 cm³/mol. The van der Waals surface area contributed by atoms with E-state index in [2.05, 4.69) is 23.9 Å². The monoisotopic (exact) mass is 223 g/mol. The molecule has 0 radical (unpaired) electrons. The number of nitrogens with zero attached hydrogens (tertiary/aromatic N) is 3. The van der Waals surface area contributed by atoms with Crippen molar-refractivity contribution in [2.45, 2.75) is 58.1 Å². The molecule has 1 aliphatic rings. The summed E-state index contributed by atoms with van der Waals surface area (Å²) in [5, 5.41) is 14.6. The molecule has 0 bridgehead atoms. The van der Waals surface area contributed by atoms with Crippen LogP contribution in [0.3, 0.4) is 0 Å². The maximum atomic E-state index is 10.3. The summed E-state index contributed by atoms with van der Waals surface area (Å²) in [6.07, 6.45) is 6.32.